The molecule has 2 heterocycles. The number of nitrogens with zero attached hydrogens (tertiary/aromatic N) is 4. The summed E-state index contributed by atoms with van der Waals surface area (Å²) in [4.78, 5) is 28.0. The van der Waals surface area contributed by atoms with Crippen LogP contribution in [0.2, 0.25) is 5.02 Å². The van der Waals surface area contributed by atoms with Crippen LogP contribution >= 0.6 is 11.6 Å². The Balaban J connectivity index is 1.73. The van der Waals surface area contributed by atoms with E-state index in [1.807, 2.05) is 31.2 Å². The number of hydrogen-bond acceptors (Lipinski definition) is 3. The van der Waals surface area contributed by atoms with E-state index in [2.05, 4.69) is 5.10 Å². The van der Waals surface area contributed by atoms with Gasteiger partial charge in [0.25, 0.3) is 5.91 Å². The van der Waals surface area contributed by atoms with Crippen LogP contribution in [0, 0.1) is 6.92 Å². The number of hydrogen-bond donors (Lipinski definition) is 0. The molecule has 0 unspecified atom stereocenters. The van der Waals surface area contributed by atoms with Gasteiger partial charge in [-0.2, -0.15) is 5.10 Å². The van der Waals surface area contributed by atoms with E-state index >= 15 is 0 Å². The van der Waals surface area contributed by atoms with E-state index in [9.17, 15) is 9.59 Å². The summed E-state index contributed by atoms with van der Waals surface area (Å²) >= 11 is 6.01. The highest BCUT2D eigenvalue weighted by Gasteiger charge is 2.30. The number of aryl methyl sites for hydroxylation is 2. The molecule has 1 aromatic heterocycles. The molecule has 2 amide bonds. The average Bonchev–Trinajstić information content (AvgIpc) is 2.86. The van der Waals surface area contributed by atoms with Crippen molar-refractivity contribution in [2.45, 2.75) is 6.92 Å². The normalized spacial score (nSPS) is 15.2. The quantitative estimate of drug-likeness (QED) is 0.843. The summed E-state index contributed by atoms with van der Waals surface area (Å²) < 4.78 is 1.49. The molecule has 2 aromatic rings. The number of piperazine rings is 1. The molecule has 120 valence electrons. The van der Waals surface area contributed by atoms with Gasteiger partial charge in [-0.3, -0.25) is 14.3 Å². The maximum Gasteiger partial charge on any atom is 0.276 e. The summed E-state index contributed by atoms with van der Waals surface area (Å²) in [5.74, 6) is -0.423. The minimum absolute atomic E-state index is 0.0274. The largest absolute Gasteiger partial charge is 0.326 e. The van der Waals surface area contributed by atoms with Crippen molar-refractivity contribution in [1.82, 2.24) is 14.7 Å². The molecular formula is C16H17ClN4O2. The third kappa shape index (κ3) is 3.07. The van der Waals surface area contributed by atoms with Gasteiger partial charge in [-0.15, -0.1) is 0 Å². The molecule has 0 atom stereocenters. The lowest BCUT2D eigenvalue weighted by atomic mass is 10.2. The van der Waals surface area contributed by atoms with Crippen LogP contribution in [0.3, 0.4) is 0 Å². The molecule has 0 spiro atoms. The number of rotatable bonds is 2. The van der Waals surface area contributed by atoms with E-state index in [0.29, 0.717) is 18.1 Å². The number of anilines is 1. The first-order valence-electron chi connectivity index (χ1n) is 7.31. The molecule has 6 nitrogen and oxygen atoms in total. The summed E-state index contributed by atoms with van der Waals surface area (Å²) in [5.41, 5.74) is 2.18. The van der Waals surface area contributed by atoms with E-state index in [-0.39, 0.29) is 24.1 Å². The Morgan fingerprint density at radius 1 is 1.22 bits per heavy atom. The van der Waals surface area contributed by atoms with Crippen molar-refractivity contribution in [3.63, 3.8) is 0 Å². The Bertz CT molecular complexity index is 754. The van der Waals surface area contributed by atoms with E-state index in [0.717, 1.165) is 11.3 Å². The van der Waals surface area contributed by atoms with Gasteiger partial charge in [-0.1, -0.05) is 29.3 Å². The van der Waals surface area contributed by atoms with Gasteiger partial charge >= 0.3 is 0 Å². The topological polar surface area (TPSA) is 58.4 Å². The summed E-state index contributed by atoms with van der Waals surface area (Å²) in [6.45, 7) is 2.93. The van der Waals surface area contributed by atoms with Crippen LogP contribution in [-0.4, -0.2) is 46.1 Å². The second kappa shape index (κ2) is 6.04. The Morgan fingerprint density at radius 2 is 1.91 bits per heavy atom. The SMILES string of the molecule is Cc1ccc(N2CCN(C(=O)c3nn(C)cc3Cl)CC2=O)cc1. The van der Waals surface area contributed by atoms with Gasteiger partial charge in [-0.05, 0) is 19.1 Å². The predicted octanol–water partition coefficient (Wildman–Crippen LogP) is 1.87. The molecule has 1 aromatic carbocycles. The van der Waals surface area contributed by atoms with Crippen LogP contribution in [0.4, 0.5) is 5.69 Å². The first kappa shape index (κ1) is 15.6. The lowest BCUT2D eigenvalue weighted by molar-refractivity contribution is -0.120. The molecule has 1 aliphatic rings. The molecular weight excluding hydrogens is 316 g/mol. The fourth-order valence-electron chi connectivity index (χ4n) is 2.60. The summed E-state index contributed by atoms with van der Waals surface area (Å²) in [7, 11) is 1.70. The van der Waals surface area contributed by atoms with Crippen molar-refractivity contribution >= 4 is 29.1 Å². The molecule has 7 heteroatoms. The zero-order valence-electron chi connectivity index (χ0n) is 13.0. The van der Waals surface area contributed by atoms with Crippen LogP contribution in [0.1, 0.15) is 16.1 Å². The van der Waals surface area contributed by atoms with E-state index in [1.54, 1.807) is 18.1 Å². The molecule has 0 aliphatic carbocycles. The molecule has 1 fully saturated rings. The lowest BCUT2D eigenvalue weighted by Crippen LogP contribution is -2.52. The molecule has 0 radical (unpaired) electrons. The Morgan fingerprint density at radius 3 is 2.48 bits per heavy atom. The summed E-state index contributed by atoms with van der Waals surface area (Å²) in [5, 5.41) is 4.36. The van der Waals surface area contributed by atoms with E-state index in [4.69, 9.17) is 11.6 Å². The highest BCUT2D eigenvalue weighted by molar-refractivity contribution is 6.33. The number of carbonyl (C=O) groups is 2. The monoisotopic (exact) mass is 332 g/mol. The lowest BCUT2D eigenvalue weighted by Gasteiger charge is -2.34. The molecule has 0 N–H and O–H groups in total. The standard InChI is InChI=1S/C16H17ClN4O2/c1-11-3-5-12(6-4-11)21-8-7-20(10-14(21)22)16(23)15-13(17)9-19(2)18-15/h3-6,9H,7-8,10H2,1-2H3. The van der Waals surface area contributed by atoms with Crippen molar-refractivity contribution < 1.29 is 9.59 Å². The number of amides is 2. The molecule has 0 saturated carbocycles. The van der Waals surface area contributed by atoms with Crippen molar-refractivity contribution in [3.8, 4) is 0 Å². The van der Waals surface area contributed by atoms with Crippen molar-refractivity contribution in [3.05, 3.63) is 46.7 Å². The second-order valence-corrected chi connectivity index (χ2v) is 6.01. The average molecular weight is 333 g/mol. The Kier molecular flexibility index (Phi) is 4.09. The van der Waals surface area contributed by atoms with Crippen molar-refractivity contribution in [2.24, 2.45) is 7.05 Å². The predicted molar refractivity (Wildman–Crippen MR) is 87.7 cm³/mol. The van der Waals surface area contributed by atoms with Crippen LogP contribution < -0.4 is 4.90 Å². The van der Waals surface area contributed by atoms with Crippen LogP contribution in [0.15, 0.2) is 30.5 Å². The number of aromatic nitrogens is 2. The second-order valence-electron chi connectivity index (χ2n) is 5.61. The highest BCUT2D eigenvalue weighted by Crippen LogP contribution is 2.20. The van der Waals surface area contributed by atoms with Gasteiger partial charge in [0.1, 0.15) is 6.54 Å². The minimum Gasteiger partial charge on any atom is -0.326 e. The van der Waals surface area contributed by atoms with Gasteiger partial charge in [0, 0.05) is 32.0 Å². The van der Waals surface area contributed by atoms with Crippen LogP contribution in [0.25, 0.3) is 0 Å². The van der Waals surface area contributed by atoms with E-state index in [1.165, 1.54) is 9.58 Å². The molecule has 1 aliphatic heterocycles. The minimum atomic E-state index is -0.312. The maximum absolute atomic E-state index is 12.5. The fourth-order valence-corrected chi connectivity index (χ4v) is 2.86. The van der Waals surface area contributed by atoms with Crippen LogP contribution in [0.5, 0.6) is 0 Å². The number of halogens is 1. The zero-order valence-corrected chi connectivity index (χ0v) is 13.7. The van der Waals surface area contributed by atoms with Crippen molar-refractivity contribution in [2.75, 3.05) is 24.5 Å². The smallest absolute Gasteiger partial charge is 0.276 e. The van der Waals surface area contributed by atoms with Gasteiger partial charge in [-0.25, -0.2) is 0 Å². The molecule has 1 saturated heterocycles. The first-order chi connectivity index (χ1) is 11.0. The number of carbonyl (C=O) groups excluding carboxylic acids is 2. The molecule has 0 bridgehead atoms. The third-order valence-corrected chi connectivity index (χ3v) is 4.12. The Labute approximate surface area is 139 Å². The van der Waals surface area contributed by atoms with Gasteiger partial charge in [0.05, 0.1) is 5.02 Å². The van der Waals surface area contributed by atoms with Crippen LogP contribution in [-0.2, 0) is 11.8 Å². The molecule has 23 heavy (non-hydrogen) atoms. The van der Waals surface area contributed by atoms with Gasteiger partial charge < -0.3 is 9.80 Å². The summed E-state index contributed by atoms with van der Waals surface area (Å²) in [6, 6.07) is 7.77. The van der Waals surface area contributed by atoms with Crippen molar-refractivity contribution in [1.29, 1.82) is 0 Å². The maximum atomic E-state index is 12.5. The first-order valence-corrected chi connectivity index (χ1v) is 7.69. The van der Waals surface area contributed by atoms with Gasteiger partial charge in [0.15, 0.2) is 5.69 Å². The summed E-state index contributed by atoms with van der Waals surface area (Å²) in [6.07, 6.45) is 1.57. The molecule has 3 rings (SSSR count). The third-order valence-electron chi connectivity index (χ3n) is 3.84. The number of benzene rings is 1. The highest BCUT2D eigenvalue weighted by atomic mass is 35.5. The van der Waals surface area contributed by atoms with Gasteiger partial charge in [0.2, 0.25) is 5.91 Å². The van der Waals surface area contributed by atoms with E-state index < -0.39 is 0 Å². The fraction of sp³-hybridized carbons (Fsp3) is 0.312. The Hall–Kier alpha value is -2.34. The zero-order chi connectivity index (χ0) is 16.6.